The van der Waals surface area contributed by atoms with Crippen molar-refractivity contribution >= 4 is 28.3 Å². The predicted octanol–water partition coefficient (Wildman–Crippen LogP) is 4.15. The summed E-state index contributed by atoms with van der Waals surface area (Å²) in [5.41, 5.74) is 2.02. The Balaban J connectivity index is 1.55. The van der Waals surface area contributed by atoms with E-state index in [1.54, 1.807) is 6.92 Å². The van der Waals surface area contributed by atoms with Gasteiger partial charge in [-0.3, -0.25) is 4.98 Å². The second-order valence-corrected chi connectivity index (χ2v) is 6.80. The largest absolute Gasteiger partial charge is 0.450 e. The molecule has 0 radical (unpaired) electrons. The fourth-order valence-electron chi connectivity index (χ4n) is 2.82. The summed E-state index contributed by atoms with van der Waals surface area (Å²) in [6.07, 6.45) is 0.914. The molecule has 0 aliphatic heterocycles. The summed E-state index contributed by atoms with van der Waals surface area (Å²) in [6, 6.07) is 10.5. The van der Waals surface area contributed by atoms with Crippen LogP contribution in [0.25, 0.3) is 21.7 Å². The zero-order chi connectivity index (χ0) is 19.0. The van der Waals surface area contributed by atoms with E-state index in [-0.39, 0.29) is 11.4 Å². The summed E-state index contributed by atoms with van der Waals surface area (Å²) in [4.78, 5) is 25.1. The molecule has 0 spiro atoms. The first-order valence-electron chi connectivity index (χ1n) is 8.23. The molecule has 4 rings (SSSR count). The van der Waals surface area contributed by atoms with Gasteiger partial charge < -0.3 is 9.30 Å². The van der Waals surface area contributed by atoms with Gasteiger partial charge >= 0.3 is 5.97 Å². The van der Waals surface area contributed by atoms with Crippen molar-refractivity contribution in [3.05, 3.63) is 65.3 Å². The number of thiazole rings is 1. The van der Waals surface area contributed by atoms with Crippen molar-refractivity contribution in [1.82, 2.24) is 19.5 Å². The SMILES string of the molecule is CC(OC(=O)c1csc(-c2ncccc2F)n1)c1nc2ccccc2n1C. The number of nitrogens with zero attached hydrogens (tertiary/aromatic N) is 4. The fraction of sp³-hybridized carbons (Fsp3) is 0.158. The van der Waals surface area contributed by atoms with Crippen LogP contribution in [-0.4, -0.2) is 25.5 Å². The van der Waals surface area contributed by atoms with Crippen LogP contribution in [0.5, 0.6) is 0 Å². The van der Waals surface area contributed by atoms with Crippen molar-refractivity contribution in [2.45, 2.75) is 13.0 Å². The quantitative estimate of drug-likeness (QED) is 0.496. The lowest BCUT2D eigenvalue weighted by Crippen LogP contribution is -2.13. The third-order valence-electron chi connectivity index (χ3n) is 4.14. The van der Waals surface area contributed by atoms with Crippen LogP contribution in [0, 0.1) is 5.82 Å². The van der Waals surface area contributed by atoms with Gasteiger partial charge in [-0.2, -0.15) is 0 Å². The highest BCUT2D eigenvalue weighted by Crippen LogP contribution is 2.26. The molecular weight excluding hydrogens is 367 g/mol. The topological polar surface area (TPSA) is 69.9 Å². The minimum atomic E-state index is -0.589. The molecule has 3 heterocycles. The van der Waals surface area contributed by atoms with Crippen molar-refractivity contribution in [3.8, 4) is 10.7 Å². The number of carbonyl (C=O) groups is 1. The lowest BCUT2D eigenvalue weighted by Gasteiger charge is -2.12. The fourth-order valence-corrected chi connectivity index (χ4v) is 3.61. The van der Waals surface area contributed by atoms with Crippen LogP contribution in [-0.2, 0) is 11.8 Å². The van der Waals surface area contributed by atoms with Gasteiger partial charge in [-0.15, -0.1) is 11.3 Å². The van der Waals surface area contributed by atoms with Gasteiger partial charge in [-0.1, -0.05) is 12.1 Å². The summed E-state index contributed by atoms with van der Waals surface area (Å²) < 4.78 is 21.3. The molecule has 0 saturated heterocycles. The van der Waals surface area contributed by atoms with Crippen molar-refractivity contribution < 1.29 is 13.9 Å². The number of pyridine rings is 1. The number of fused-ring (bicyclic) bond motifs is 1. The monoisotopic (exact) mass is 382 g/mol. The second-order valence-electron chi connectivity index (χ2n) is 5.94. The van der Waals surface area contributed by atoms with E-state index in [2.05, 4.69) is 15.0 Å². The van der Waals surface area contributed by atoms with Gasteiger partial charge in [0.05, 0.1) is 11.0 Å². The van der Waals surface area contributed by atoms with Crippen molar-refractivity contribution in [1.29, 1.82) is 0 Å². The van der Waals surface area contributed by atoms with Crippen LogP contribution >= 0.6 is 11.3 Å². The van der Waals surface area contributed by atoms with Gasteiger partial charge in [0, 0.05) is 18.6 Å². The number of rotatable bonds is 4. The lowest BCUT2D eigenvalue weighted by molar-refractivity contribution is 0.0309. The summed E-state index contributed by atoms with van der Waals surface area (Å²) >= 11 is 1.14. The molecule has 0 fully saturated rings. The van der Waals surface area contributed by atoms with E-state index >= 15 is 0 Å². The first-order valence-corrected chi connectivity index (χ1v) is 9.11. The average Bonchev–Trinajstić information content (AvgIpc) is 3.28. The molecule has 4 aromatic rings. The third-order valence-corrected chi connectivity index (χ3v) is 4.99. The zero-order valence-electron chi connectivity index (χ0n) is 14.6. The van der Waals surface area contributed by atoms with E-state index in [1.807, 2.05) is 35.9 Å². The number of hydrogen-bond acceptors (Lipinski definition) is 6. The Morgan fingerprint density at radius 2 is 2.04 bits per heavy atom. The van der Waals surface area contributed by atoms with Crippen LogP contribution in [0.15, 0.2) is 48.0 Å². The number of aromatic nitrogens is 4. The highest BCUT2D eigenvalue weighted by molar-refractivity contribution is 7.13. The molecule has 0 aliphatic carbocycles. The smallest absolute Gasteiger partial charge is 0.358 e. The van der Waals surface area contributed by atoms with Crippen LogP contribution < -0.4 is 0 Å². The molecule has 27 heavy (non-hydrogen) atoms. The van der Waals surface area contributed by atoms with Crippen molar-refractivity contribution in [2.75, 3.05) is 0 Å². The van der Waals surface area contributed by atoms with Crippen LogP contribution in [0.3, 0.4) is 0 Å². The van der Waals surface area contributed by atoms with Gasteiger partial charge in [-0.05, 0) is 31.2 Å². The molecule has 0 aliphatic rings. The average molecular weight is 382 g/mol. The zero-order valence-corrected chi connectivity index (χ0v) is 15.4. The maximum Gasteiger partial charge on any atom is 0.358 e. The third kappa shape index (κ3) is 3.19. The Morgan fingerprint density at radius 1 is 1.22 bits per heavy atom. The number of benzene rings is 1. The Hall–Kier alpha value is -3.13. The molecule has 1 unspecified atom stereocenters. The number of ether oxygens (including phenoxy) is 1. The Labute approximate surface area is 158 Å². The van der Waals surface area contributed by atoms with Crippen LogP contribution in [0.1, 0.15) is 29.3 Å². The molecule has 3 aromatic heterocycles. The summed E-state index contributed by atoms with van der Waals surface area (Å²) in [5.74, 6) is -0.441. The maximum absolute atomic E-state index is 13.8. The minimum absolute atomic E-state index is 0.116. The molecule has 1 aromatic carbocycles. The molecule has 0 amide bonds. The van der Waals surface area contributed by atoms with E-state index in [0.29, 0.717) is 10.8 Å². The van der Waals surface area contributed by atoms with Crippen molar-refractivity contribution in [3.63, 3.8) is 0 Å². The number of halogens is 1. The first-order chi connectivity index (χ1) is 13.0. The van der Waals surface area contributed by atoms with Gasteiger partial charge in [0.25, 0.3) is 0 Å². The van der Waals surface area contributed by atoms with Crippen LogP contribution in [0.4, 0.5) is 4.39 Å². The van der Waals surface area contributed by atoms with E-state index < -0.39 is 17.9 Å². The lowest BCUT2D eigenvalue weighted by atomic mass is 10.3. The van der Waals surface area contributed by atoms with Crippen molar-refractivity contribution in [2.24, 2.45) is 7.05 Å². The normalized spacial score (nSPS) is 12.3. The first kappa shape index (κ1) is 17.3. The van der Waals surface area contributed by atoms with Gasteiger partial charge in [0.2, 0.25) is 0 Å². The molecule has 0 N–H and O–H groups in total. The Morgan fingerprint density at radius 3 is 2.81 bits per heavy atom. The summed E-state index contributed by atoms with van der Waals surface area (Å²) in [6.45, 7) is 1.75. The maximum atomic E-state index is 13.8. The van der Waals surface area contributed by atoms with Crippen LogP contribution in [0.2, 0.25) is 0 Å². The number of aryl methyl sites for hydroxylation is 1. The molecule has 0 saturated carbocycles. The number of para-hydroxylation sites is 2. The van der Waals surface area contributed by atoms with Gasteiger partial charge in [-0.25, -0.2) is 19.2 Å². The minimum Gasteiger partial charge on any atom is -0.450 e. The summed E-state index contributed by atoms with van der Waals surface area (Å²) in [7, 11) is 1.87. The number of esters is 1. The number of imidazole rings is 1. The Kier molecular flexibility index (Phi) is 4.41. The molecule has 1 atom stereocenters. The van der Waals surface area contributed by atoms with E-state index in [0.717, 1.165) is 22.4 Å². The van der Waals surface area contributed by atoms with E-state index in [9.17, 15) is 9.18 Å². The van der Waals surface area contributed by atoms with E-state index in [4.69, 9.17) is 4.74 Å². The molecular formula is C19H15FN4O2S. The second kappa shape index (κ2) is 6.88. The standard InChI is InChI=1S/C19H15FN4O2S/c1-11(17-22-13-7-3-4-8-15(13)24(17)2)26-19(25)14-10-27-18(23-14)16-12(20)6-5-9-21-16/h3-11H,1-2H3. The highest BCUT2D eigenvalue weighted by atomic mass is 32.1. The van der Waals surface area contributed by atoms with E-state index in [1.165, 1.54) is 23.7 Å². The number of carbonyl (C=O) groups excluding carboxylic acids is 1. The summed E-state index contributed by atoms with van der Waals surface area (Å²) in [5, 5.41) is 1.86. The molecule has 6 nitrogen and oxygen atoms in total. The highest BCUT2D eigenvalue weighted by Gasteiger charge is 2.22. The molecule has 0 bridgehead atoms. The number of hydrogen-bond donors (Lipinski definition) is 0. The van der Waals surface area contributed by atoms with Gasteiger partial charge in [0.1, 0.15) is 10.7 Å². The Bertz CT molecular complexity index is 1140. The predicted molar refractivity (Wildman–Crippen MR) is 99.8 cm³/mol. The molecule has 136 valence electrons. The molecule has 8 heteroatoms. The van der Waals surface area contributed by atoms with Gasteiger partial charge in [0.15, 0.2) is 23.4 Å².